The number of carbonyl (C=O) groups is 3. The molecule has 0 aromatic heterocycles. The molecule has 0 spiro atoms. The van der Waals surface area contributed by atoms with Crippen molar-refractivity contribution < 1.29 is 14.4 Å². The van der Waals surface area contributed by atoms with Gasteiger partial charge in [-0.3, -0.25) is 19.4 Å². The quantitative estimate of drug-likeness (QED) is 0.431. The highest BCUT2D eigenvalue weighted by molar-refractivity contribution is 6.25. The van der Waals surface area contributed by atoms with Crippen LogP contribution in [0.4, 0.5) is 5.69 Å². The van der Waals surface area contributed by atoms with Crippen molar-refractivity contribution in [2.75, 3.05) is 11.4 Å². The van der Waals surface area contributed by atoms with Gasteiger partial charge in [0.15, 0.2) is 12.1 Å². The summed E-state index contributed by atoms with van der Waals surface area (Å²) in [5.74, 6) is -1.10. The second-order valence-corrected chi connectivity index (χ2v) is 10.7. The number of anilines is 1. The summed E-state index contributed by atoms with van der Waals surface area (Å²) in [5, 5.41) is 16.1. The Kier molecular flexibility index (Phi) is 6.26. The number of allylic oxidation sites excluding steroid dienone is 1. The van der Waals surface area contributed by atoms with Gasteiger partial charge in [-0.15, -0.1) is 0 Å². The normalized spacial score (nSPS) is 26.0. The van der Waals surface area contributed by atoms with Crippen LogP contribution in [0.5, 0.6) is 0 Å². The largest absolute Gasteiger partial charge is 0.271 e. The van der Waals surface area contributed by atoms with Crippen LogP contribution in [0.3, 0.4) is 0 Å². The third-order valence-corrected chi connectivity index (χ3v) is 8.21. The Labute approximate surface area is 237 Å². The SMILES string of the molecule is O=C1C2N=NN(CC(=O)N3N=C4C(=Cc5ccccc5)CCCC4C3c3ccccc3)C2C(=O)N1c1ccccc1. The zero-order valence-electron chi connectivity index (χ0n) is 22.3. The minimum atomic E-state index is -0.965. The summed E-state index contributed by atoms with van der Waals surface area (Å²) in [6.45, 7) is -0.211. The summed E-state index contributed by atoms with van der Waals surface area (Å²) in [6.07, 6.45) is 4.98. The Hall–Kier alpha value is -4.92. The molecule has 3 heterocycles. The maximum absolute atomic E-state index is 14.0. The minimum Gasteiger partial charge on any atom is -0.271 e. The van der Waals surface area contributed by atoms with Gasteiger partial charge in [0.1, 0.15) is 6.54 Å². The Balaban J connectivity index is 1.18. The lowest BCUT2D eigenvalue weighted by Gasteiger charge is -2.30. The molecule has 9 heteroatoms. The van der Waals surface area contributed by atoms with Crippen LogP contribution in [0, 0.1) is 5.92 Å². The number of fused-ring (bicyclic) bond motifs is 2. The van der Waals surface area contributed by atoms with Gasteiger partial charge in [-0.1, -0.05) is 84.1 Å². The summed E-state index contributed by atoms with van der Waals surface area (Å²) < 4.78 is 0. The molecule has 7 rings (SSSR count). The first-order valence-electron chi connectivity index (χ1n) is 13.9. The molecule has 204 valence electrons. The number of nitrogens with zero attached hydrogens (tertiary/aromatic N) is 6. The average molecular weight is 545 g/mol. The molecule has 9 nitrogen and oxygen atoms in total. The molecule has 2 fully saturated rings. The fraction of sp³-hybridized carbons (Fsp3) is 0.250. The molecule has 1 saturated heterocycles. The summed E-state index contributed by atoms with van der Waals surface area (Å²) in [5.41, 5.74) is 4.66. The van der Waals surface area contributed by atoms with Crippen LogP contribution in [0.25, 0.3) is 6.08 Å². The Morgan fingerprint density at radius 1 is 0.854 bits per heavy atom. The molecule has 4 atom stereocenters. The van der Waals surface area contributed by atoms with Gasteiger partial charge in [0.2, 0.25) is 0 Å². The molecule has 3 aromatic carbocycles. The smallest absolute Gasteiger partial charge is 0.264 e. The van der Waals surface area contributed by atoms with Crippen molar-refractivity contribution in [3.05, 3.63) is 108 Å². The lowest BCUT2D eigenvalue weighted by atomic mass is 9.77. The van der Waals surface area contributed by atoms with Crippen molar-refractivity contribution in [2.24, 2.45) is 21.4 Å². The van der Waals surface area contributed by atoms with Crippen molar-refractivity contribution in [1.29, 1.82) is 0 Å². The number of rotatable bonds is 5. The van der Waals surface area contributed by atoms with E-state index in [1.807, 2.05) is 54.6 Å². The van der Waals surface area contributed by atoms with Crippen LogP contribution >= 0.6 is 0 Å². The zero-order chi connectivity index (χ0) is 27.9. The number of hydrogen-bond donors (Lipinski definition) is 0. The number of benzene rings is 3. The van der Waals surface area contributed by atoms with Crippen LogP contribution in [0.1, 0.15) is 36.4 Å². The third kappa shape index (κ3) is 4.34. The van der Waals surface area contributed by atoms with Crippen LogP contribution in [-0.4, -0.2) is 52.1 Å². The first kappa shape index (κ1) is 25.1. The lowest BCUT2D eigenvalue weighted by molar-refractivity contribution is -0.136. The van der Waals surface area contributed by atoms with Crippen molar-refractivity contribution in [3.8, 4) is 0 Å². The fourth-order valence-corrected chi connectivity index (χ4v) is 6.34. The van der Waals surface area contributed by atoms with E-state index in [4.69, 9.17) is 5.10 Å². The maximum atomic E-state index is 14.0. The molecule has 0 bridgehead atoms. The Morgan fingerprint density at radius 2 is 1.54 bits per heavy atom. The summed E-state index contributed by atoms with van der Waals surface area (Å²) in [6, 6.07) is 26.7. The third-order valence-electron chi connectivity index (χ3n) is 8.21. The van der Waals surface area contributed by atoms with E-state index in [1.54, 1.807) is 29.3 Å². The number of hydrazone groups is 1. The molecule has 3 amide bonds. The average Bonchev–Trinajstić information content (AvgIpc) is 3.68. The molecule has 3 aromatic rings. The predicted octanol–water partition coefficient (Wildman–Crippen LogP) is 4.80. The number of imide groups is 1. The van der Waals surface area contributed by atoms with Gasteiger partial charge in [0.25, 0.3) is 17.7 Å². The van der Waals surface area contributed by atoms with Gasteiger partial charge in [-0.2, -0.15) is 10.2 Å². The maximum Gasteiger partial charge on any atom is 0.264 e. The molecule has 1 aliphatic carbocycles. The van der Waals surface area contributed by atoms with Gasteiger partial charge in [-0.05, 0) is 54.2 Å². The lowest BCUT2D eigenvalue weighted by Crippen LogP contribution is -2.45. The number of para-hydroxylation sites is 1. The Morgan fingerprint density at radius 3 is 2.27 bits per heavy atom. The van der Waals surface area contributed by atoms with Crippen molar-refractivity contribution in [2.45, 2.75) is 37.4 Å². The highest BCUT2D eigenvalue weighted by Gasteiger charge is 2.55. The highest BCUT2D eigenvalue weighted by Crippen LogP contribution is 2.44. The van der Waals surface area contributed by atoms with E-state index in [0.29, 0.717) is 5.69 Å². The second kappa shape index (κ2) is 10.2. The van der Waals surface area contributed by atoms with Crippen LogP contribution in [0.2, 0.25) is 0 Å². The molecule has 3 aliphatic heterocycles. The number of amides is 3. The van der Waals surface area contributed by atoms with E-state index in [0.717, 1.165) is 46.6 Å². The zero-order valence-corrected chi connectivity index (χ0v) is 22.3. The minimum absolute atomic E-state index is 0.0567. The standard InChI is InChI=1S/C32H28N6O3/c39-26(20-36-30-28(33-35-36)31(40)37(32(30)41)24-16-8-3-9-17-24)38-29(22-13-6-2-7-14-22)25-18-10-15-23(27(25)34-38)19-21-11-4-1-5-12-21/h1-9,11-14,16-17,19,25,28-30H,10,15,18,20H2. The van der Waals surface area contributed by atoms with Crippen molar-refractivity contribution >= 4 is 35.2 Å². The molecular weight excluding hydrogens is 516 g/mol. The van der Waals surface area contributed by atoms with Gasteiger partial charge >= 0.3 is 0 Å². The van der Waals surface area contributed by atoms with E-state index in [9.17, 15) is 14.4 Å². The molecule has 0 N–H and O–H groups in total. The van der Waals surface area contributed by atoms with Crippen LogP contribution in [-0.2, 0) is 14.4 Å². The van der Waals surface area contributed by atoms with Crippen molar-refractivity contribution in [3.63, 3.8) is 0 Å². The predicted molar refractivity (Wildman–Crippen MR) is 153 cm³/mol. The molecular formula is C32H28N6O3. The first-order chi connectivity index (χ1) is 20.1. The van der Waals surface area contributed by atoms with Crippen LogP contribution in [0.15, 0.2) is 112 Å². The molecule has 1 saturated carbocycles. The molecule has 4 unspecified atom stereocenters. The molecule has 0 radical (unpaired) electrons. The van der Waals surface area contributed by atoms with Gasteiger partial charge in [0.05, 0.1) is 17.4 Å². The van der Waals surface area contributed by atoms with Crippen LogP contribution < -0.4 is 4.90 Å². The molecule has 4 aliphatic rings. The Bertz CT molecular complexity index is 1590. The first-order valence-corrected chi connectivity index (χ1v) is 13.9. The summed E-state index contributed by atoms with van der Waals surface area (Å²) in [4.78, 5) is 41.6. The number of hydrogen-bond acceptors (Lipinski definition) is 7. The number of carbonyl (C=O) groups excluding carboxylic acids is 3. The summed E-state index contributed by atoms with van der Waals surface area (Å²) in [7, 11) is 0. The second-order valence-electron chi connectivity index (χ2n) is 10.7. The van der Waals surface area contributed by atoms with Gasteiger partial charge in [0, 0.05) is 5.92 Å². The fourth-order valence-electron chi connectivity index (χ4n) is 6.34. The van der Waals surface area contributed by atoms with E-state index >= 15 is 0 Å². The monoisotopic (exact) mass is 544 g/mol. The van der Waals surface area contributed by atoms with E-state index in [1.165, 1.54) is 5.01 Å². The van der Waals surface area contributed by atoms with Gasteiger partial charge in [-0.25, -0.2) is 9.91 Å². The molecule has 41 heavy (non-hydrogen) atoms. The van der Waals surface area contributed by atoms with E-state index in [-0.39, 0.29) is 24.4 Å². The summed E-state index contributed by atoms with van der Waals surface area (Å²) >= 11 is 0. The topological polar surface area (TPSA) is 98.0 Å². The highest BCUT2D eigenvalue weighted by atomic mass is 16.2. The van der Waals surface area contributed by atoms with E-state index < -0.39 is 23.9 Å². The van der Waals surface area contributed by atoms with Gasteiger partial charge < -0.3 is 0 Å². The van der Waals surface area contributed by atoms with E-state index in [2.05, 4.69) is 28.5 Å². The van der Waals surface area contributed by atoms with Crippen molar-refractivity contribution in [1.82, 2.24) is 10.0 Å².